The molecule has 1 aromatic heterocycles. The first-order chi connectivity index (χ1) is 5.27. The Morgan fingerprint density at radius 2 is 2.36 bits per heavy atom. The van der Waals surface area contributed by atoms with Crippen molar-refractivity contribution in [2.75, 3.05) is 0 Å². The van der Waals surface area contributed by atoms with E-state index in [0.29, 0.717) is 0 Å². The number of hydrogen-bond acceptors (Lipinski definition) is 1. The van der Waals surface area contributed by atoms with Crippen molar-refractivity contribution >= 4 is 11.3 Å². The van der Waals surface area contributed by atoms with Gasteiger partial charge in [0.15, 0.2) is 0 Å². The fourth-order valence-corrected chi connectivity index (χ4v) is 3.09. The molecule has 1 heterocycles. The van der Waals surface area contributed by atoms with E-state index in [2.05, 4.69) is 19.2 Å². The molecule has 0 radical (unpaired) electrons. The molecule has 0 fully saturated rings. The summed E-state index contributed by atoms with van der Waals surface area (Å²) in [5.41, 5.74) is 3.19. The molecule has 0 aliphatic heterocycles. The SMILES string of the molecule is Cc1csc2c1CCC(C)C2. The molecule has 1 heteroatoms. The minimum absolute atomic E-state index is 0.917. The molecule has 0 aromatic carbocycles. The first-order valence-corrected chi connectivity index (χ1v) is 5.21. The minimum atomic E-state index is 0.917. The Balaban J connectivity index is 2.36. The topological polar surface area (TPSA) is 0 Å². The normalized spacial score (nSPS) is 23.3. The smallest absolute Gasteiger partial charge is 0.00826 e. The summed E-state index contributed by atoms with van der Waals surface area (Å²) in [6, 6.07) is 0. The molecular weight excluding hydrogens is 152 g/mol. The number of thiophene rings is 1. The van der Waals surface area contributed by atoms with Gasteiger partial charge in [-0.2, -0.15) is 0 Å². The summed E-state index contributed by atoms with van der Waals surface area (Å²) in [7, 11) is 0. The molecule has 0 bridgehead atoms. The molecule has 0 N–H and O–H groups in total. The predicted molar refractivity (Wildman–Crippen MR) is 50.2 cm³/mol. The predicted octanol–water partition coefficient (Wildman–Crippen LogP) is 3.18. The lowest BCUT2D eigenvalue weighted by Crippen LogP contribution is -2.08. The number of hydrogen-bond donors (Lipinski definition) is 0. The van der Waals surface area contributed by atoms with Crippen LogP contribution in [0, 0.1) is 12.8 Å². The average molecular weight is 166 g/mol. The molecule has 0 saturated heterocycles. The van der Waals surface area contributed by atoms with Crippen LogP contribution in [0.3, 0.4) is 0 Å². The summed E-state index contributed by atoms with van der Waals surface area (Å²) in [6.45, 7) is 4.60. The van der Waals surface area contributed by atoms with Gasteiger partial charge >= 0.3 is 0 Å². The maximum atomic E-state index is 2.36. The second-order valence-corrected chi connectivity index (χ2v) is 4.63. The fraction of sp³-hybridized carbons (Fsp3) is 0.600. The molecule has 1 unspecified atom stereocenters. The third-order valence-electron chi connectivity index (χ3n) is 2.61. The van der Waals surface area contributed by atoms with Crippen LogP contribution >= 0.6 is 11.3 Å². The van der Waals surface area contributed by atoms with E-state index in [9.17, 15) is 0 Å². The van der Waals surface area contributed by atoms with Crippen LogP contribution in [0.15, 0.2) is 5.38 Å². The molecule has 0 amide bonds. The largest absolute Gasteiger partial charge is 0.148 e. The summed E-state index contributed by atoms with van der Waals surface area (Å²) in [5.74, 6) is 0.917. The van der Waals surface area contributed by atoms with Gasteiger partial charge in [0.05, 0.1) is 0 Å². The van der Waals surface area contributed by atoms with Crippen LogP contribution < -0.4 is 0 Å². The molecular formula is C10H14S. The van der Waals surface area contributed by atoms with E-state index in [1.165, 1.54) is 24.8 Å². The number of fused-ring (bicyclic) bond motifs is 1. The van der Waals surface area contributed by atoms with Gasteiger partial charge in [-0.3, -0.25) is 0 Å². The third-order valence-corrected chi connectivity index (χ3v) is 3.78. The lowest BCUT2D eigenvalue weighted by atomic mass is 9.89. The van der Waals surface area contributed by atoms with Crippen molar-refractivity contribution in [3.8, 4) is 0 Å². The Labute approximate surface area is 72.3 Å². The molecule has 11 heavy (non-hydrogen) atoms. The Bertz CT molecular complexity index is 260. The monoisotopic (exact) mass is 166 g/mol. The lowest BCUT2D eigenvalue weighted by Gasteiger charge is -2.18. The van der Waals surface area contributed by atoms with Crippen LogP contribution in [0.5, 0.6) is 0 Å². The second-order valence-electron chi connectivity index (χ2n) is 3.67. The van der Waals surface area contributed by atoms with Gasteiger partial charge in [0.2, 0.25) is 0 Å². The van der Waals surface area contributed by atoms with Gasteiger partial charge in [0.25, 0.3) is 0 Å². The maximum Gasteiger partial charge on any atom is 0.00826 e. The van der Waals surface area contributed by atoms with Crippen molar-refractivity contribution in [3.63, 3.8) is 0 Å². The summed E-state index contributed by atoms with van der Waals surface area (Å²) in [4.78, 5) is 1.65. The fourth-order valence-electron chi connectivity index (χ4n) is 1.84. The summed E-state index contributed by atoms with van der Waals surface area (Å²) < 4.78 is 0. The van der Waals surface area contributed by atoms with Gasteiger partial charge in [-0.1, -0.05) is 6.92 Å². The first kappa shape index (κ1) is 7.35. The van der Waals surface area contributed by atoms with Crippen molar-refractivity contribution in [1.82, 2.24) is 0 Å². The van der Waals surface area contributed by atoms with Gasteiger partial charge in [-0.05, 0) is 48.6 Å². The van der Waals surface area contributed by atoms with Crippen molar-refractivity contribution in [3.05, 3.63) is 21.4 Å². The molecule has 1 aliphatic carbocycles. The third kappa shape index (κ3) is 1.22. The number of aryl methyl sites for hydroxylation is 1. The molecule has 60 valence electrons. The van der Waals surface area contributed by atoms with Crippen LogP contribution in [-0.4, -0.2) is 0 Å². The molecule has 1 aliphatic rings. The zero-order valence-electron chi connectivity index (χ0n) is 7.18. The lowest BCUT2D eigenvalue weighted by molar-refractivity contribution is 0.506. The van der Waals surface area contributed by atoms with Crippen molar-refractivity contribution in [2.45, 2.75) is 33.1 Å². The van der Waals surface area contributed by atoms with Crippen LogP contribution in [0.4, 0.5) is 0 Å². The van der Waals surface area contributed by atoms with E-state index in [-0.39, 0.29) is 0 Å². The minimum Gasteiger partial charge on any atom is -0.148 e. The highest BCUT2D eigenvalue weighted by molar-refractivity contribution is 7.10. The van der Waals surface area contributed by atoms with Gasteiger partial charge < -0.3 is 0 Å². The van der Waals surface area contributed by atoms with Gasteiger partial charge in [0, 0.05) is 4.88 Å². The Morgan fingerprint density at radius 3 is 3.18 bits per heavy atom. The summed E-state index contributed by atoms with van der Waals surface area (Å²) >= 11 is 1.96. The van der Waals surface area contributed by atoms with Gasteiger partial charge in [-0.15, -0.1) is 11.3 Å². The standard InChI is InChI=1S/C10H14S/c1-7-3-4-9-8(2)6-11-10(9)5-7/h6-7H,3-5H2,1-2H3. The van der Waals surface area contributed by atoms with E-state index >= 15 is 0 Å². The van der Waals surface area contributed by atoms with Crippen molar-refractivity contribution in [2.24, 2.45) is 5.92 Å². The van der Waals surface area contributed by atoms with Crippen molar-refractivity contribution < 1.29 is 0 Å². The Kier molecular flexibility index (Phi) is 1.76. The van der Waals surface area contributed by atoms with E-state index in [1.54, 1.807) is 10.4 Å². The van der Waals surface area contributed by atoms with Crippen LogP contribution in [0.1, 0.15) is 29.3 Å². The first-order valence-electron chi connectivity index (χ1n) is 4.33. The average Bonchev–Trinajstić information content (AvgIpc) is 2.32. The van der Waals surface area contributed by atoms with Crippen LogP contribution in [0.2, 0.25) is 0 Å². The summed E-state index contributed by atoms with van der Waals surface area (Å²) in [5, 5.41) is 2.31. The highest BCUT2D eigenvalue weighted by atomic mass is 32.1. The number of rotatable bonds is 0. The van der Waals surface area contributed by atoms with Crippen LogP contribution in [0.25, 0.3) is 0 Å². The Hall–Kier alpha value is -0.300. The Morgan fingerprint density at radius 1 is 1.55 bits per heavy atom. The van der Waals surface area contributed by atoms with E-state index in [1.807, 2.05) is 11.3 Å². The molecule has 1 aromatic rings. The van der Waals surface area contributed by atoms with Crippen molar-refractivity contribution in [1.29, 1.82) is 0 Å². The highest BCUT2D eigenvalue weighted by Crippen LogP contribution is 2.31. The molecule has 1 atom stereocenters. The maximum absolute atomic E-state index is 2.36. The van der Waals surface area contributed by atoms with E-state index in [0.717, 1.165) is 5.92 Å². The zero-order chi connectivity index (χ0) is 7.84. The molecule has 0 nitrogen and oxygen atoms in total. The molecule has 2 rings (SSSR count). The van der Waals surface area contributed by atoms with E-state index in [4.69, 9.17) is 0 Å². The quantitative estimate of drug-likeness (QED) is 0.555. The summed E-state index contributed by atoms with van der Waals surface area (Å²) in [6.07, 6.45) is 4.05. The van der Waals surface area contributed by atoms with Gasteiger partial charge in [-0.25, -0.2) is 0 Å². The van der Waals surface area contributed by atoms with E-state index < -0.39 is 0 Å². The highest BCUT2D eigenvalue weighted by Gasteiger charge is 2.17. The molecule has 0 saturated carbocycles. The molecule has 0 spiro atoms. The van der Waals surface area contributed by atoms with Crippen LogP contribution in [-0.2, 0) is 12.8 Å². The zero-order valence-corrected chi connectivity index (χ0v) is 8.00. The van der Waals surface area contributed by atoms with Gasteiger partial charge in [0.1, 0.15) is 0 Å². The second kappa shape index (κ2) is 2.63.